The molecule has 206 valence electrons. The molecule has 0 saturated heterocycles. The summed E-state index contributed by atoms with van der Waals surface area (Å²) in [5.41, 5.74) is -2.16. The highest BCUT2D eigenvalue weighted by Gasteiger charge is 2.35. The van der Waals surface area contributed by atoms with E-state index in [2.05, 4.69) is 16.6 Å². The minimum Gasteiger partial charge on any atom is -0.462 e. The number of benzene rings is 1. The molecular formula is C27H31F4N3O4. The largest absolute Gasteiger partial charge is 0.462 e. The van der Waals surface area contributed by atoms with E-state index in [1.54, 1.807) is 41.7 Å². The van der Waals surface area contributed by atoms with Crippen LogP contribution in [0.15, 0.2) is 18.2 Å². The van der Waals surface area contributed by atoms with E-state index in [4.69, 9.17) is 11.2 Å². The number of terminal acetylenes is 1. The Morgan fingerprint density at radius 1 is 1.11 bits per heavy atom. The number of carbonyl (C=O) groups is 3. The van der Waals surface area contributed by atoms with Gasteiger partial charge in [-0.1, -0.05) is 5.92 Å². The van der Waals surface area contributed by atoms with Crippen LogP contribution in [0.25, 0.3) is 0 Å². The van der Waals surface area contributed by atoms with E-state index in [1.807, 2.05) is 0 Å². The summed E-state index contributed by atoms with van der Waals surface area (Å²) in [6, 6.07) is 2.16. The summed E-state index contributed by atoms with van der Waals surface area (Å²) < 4.78 is 59.5. The van der Waals surface area contributed by atoms with Gasteiger partial charge in [-0.15, -0.1) is 6.42 Å². The molecule has 2 aromatic rings. The summed E-state index contributed by atoms with van der Waals surface area (Å²) in [4.78, 5) is 37.9. The van der Waals surface area contributed by atoms with Crippen LogP contribution in [-0.2, 0) is 34.0 Å². The molecule has 0 aliphatic carbocycles. The number of ether oxygens (including phenoxy) is 1. The number of nitrogens with zero attached hydrogens (tertiary/aromatic N) is 1. The van der Waals surface area contributed by atoms with Crippen LogP contribution < -0.4 is 10.6 Å². The van der Waals surface area contributed by atoms with E-state index < -0.39 is 46.3 Å². The van der Waals surface area contributed by atoms with Crippen molar-refractivity contribution < 1.29 is 36.7 Å². The van der Waals surface area contributed by atoms with Gasteiger partial charge >= 0.3 is 12.1 Å². The lowest BCUT2D eigenvalue weighted by atomic mass is 9.97. The first-order valence-electron chi connectivity index (χ1n) is 11.6. The highest BCUT2D eigenvalue weighted by molar-refractivity contribution is 6.05. The zero-order chi connectivity index (χ0) is 29.2. The van der Waals surface area contributed by atoms with Gasteiger partial charge in [-0.3, -0.25) is 14.4 Å². The summed E-state index contributed by atoms with van der Waals surface area (Å²) >= 11 is 0. The van der Waals surface area contributed by atoms with Gasteiger partial charge in [-0.2, -0.15) is 13.2 Å². The third-order valence-electron chi connectivity index (χ3n) is 6.00. The summed E-state index contributed by atoms with van der Waals surface area (Å²) in [6.45, 7) is 9.61. The molecule has 0 spiro atoms. The van der Waals surface area contributed by atoms with Crippen LogP contribution in [0.1, 0.15) is 60.6 Å². The van der Waals surface area contributed by atoms with Gasteiger partial charge in [0.15, 0.2) is 0 Å². The van der Waals surface area contributed by atoms with Crippen LogP contribution in [0.2, 0.25) is 0 Å². The summed E-state index contributed by atoms with van der Waals surface area (Å²) in [6.07, 6.45) is 0.487. The number of hydrogen-bond donors (Lipinski definition) is 2. The maximum atomic E-state index is 13.6. The topological polar surface area (TPSA) is 89.4 Å². The van der Waals surface area contributed by atoms with Gasteiger partial charge in [-0.05, 0) is 70.9 Å². The molecule has 11 heteroatoms. The number of carbonyl (C=O) groups excluding carboxylic acids is 3. The monoisotopic (exact) mass is 537 g/mol. The van der Waals surface area contributed by atoms with E-state index in [0.29, 0.717) is 29.0 Å². The van der Waals surface area contributed by atoms with E-state index in [9.17, 15) is 31.9 Å². The van der Waals surface area contributed by atoms with Crippen molar-refractivity contribution in [2.45, 2.75) is 59.7 Å². The molecule has 0 bridgehead atoms. The Labute approximate surface area is 218 Å². The number of nitrogens with one attached hydrogen (secondary N) is 2. The van der Waals surface area contributed by atoms with Gasteiger partial charge in [0.05, 0.1) is 17.4 Å². The molecule has 1 heterocycles. The molecule has 0 unspecified atom stereocenters. The van der Waals surface area contributed by atoms with Crippen molar-refractivity contribution in [3.8, 4) is 12.3 Å². The number of hydrogen-bond acceptors (Lipinski definition) is 4. The third-order valence-corrected chi connectivity index (χ3v) is 6.00. The van der Waals surface area contributed by atoms with Crippen molar-refractivity contribution >= 4 is 23.5 Å². The molecule has 2 N–H and O–H groups in total. The van der Waals surface area contributed by atoms with Crippen LogP contribution in [-0.4, -0.2) is 34.5 Å². The van der Waals surface area contributed by atoms with Crippen LogP contribution in [0.3, 0.4) is 0 Å². The number of rotatable bonds is 7. The second-order valence-electron chi connectivity index (χ2n) is 10.3. The molecule has 0 aliphatic heterocycles. The molecule has 1 aromatic heterocycles. The zero-order valence-electron chi connectivity index (χ0n) is 22.3. The number of esters is 1. The van der Waals surface area contributed by atoms with Crippen LogP contribution in [0.5, 0.6) is 0 Å². The molecule has 0 saturated carbocycles. The molecule has 2 amide bonds. The summed E-state index contributed by atoms with van der Waals surface area (Å²) in [5.74, 6) is -0.739. The lowest BCUT2D eigenvalue weighted by Gasteiger charge is -2.27. The van der Waals surface area contributed by atoms with Crippen LogP contribution in [0.4, 0.5) is 23.2 Å². The minimum absolute atomic E-state index is 0.113. The number of aromatic nitrogens is 1. The van der Waals surface area contributed by atoms with Crippen molar-refractivity contribution in [2.75, 3.05) is 11.9 Å². The van der Waals surface area contributed by atoms with Crippen molar-refractivity contribution in [1.82, 2.24) is 9.88 Å². The van der Waals surface area contributed by atoms with Crippen molar-refractivity contribution in [3.63, 3.8) is 0 Å². The van der Waals surface area contributed by atoms with Crippen LogP contribution >= 0.6 is 0 Å². The number of alkyl halides is 3. The van der Waals surface area contributed by atoms with Gasteiger partial charge < -0.3 is 19.9 Å². The van der Waals surface area contributed by atoms with E-state index >= 15 is 0 Å². The lowest BCUT2D eigenvalue weighted by Crippen LogP contribution is -2.50. The summed E-state index contributed by atoms with van der Waals surface area (Å²) in [5, 5.41) is 5.03. The van der Waals surface area contributed by atoms with E-state index in [-0.39, 0.29) is 24.4 Å². The Bertz CT molecular complexity index is 1300. The fraction of sp³-hybridized carbons (Fsp3) is 0.444. The van der Waals surface area contributed by atoms with Gasteiger partial charge in [0.25, 0.3) is 5.91 Å². The average molecular weight is 538 g/mol. The minimum atomic E-state index is -4.93. The first kappa shape index (κ1) is 30.4. The standard InChI is InChI=1S/C27H31F4N3O4/c1-9-26(7,14-38-24(37)25(4,5)6)33-21(35)13-18-15(2)22(34(8)16(18)3)23(36)32-17-10-11-20(28)19(12-17)27(29,30)31/h1,10-12H,13-14H2,2-8H3,(H,32,36)(H,33,35)/t26-/m0/s1. The number of amides is 2. The zero-order valence-corrected chi connectivity index (χ0v) is 22.3. The predicted molar refractivity (Wildman–Crippen MR) is 134 cm³/mol. The molecule has 0 radical (unpaired) electrons. The Kier molecular flexibility index (Phi) is 8.72. The fourth-order valence-electron chi connectivity index (χ4n) is 3.68. The number of anilines is 1. The first-order chi connectivity index (χ1) is 17.3. The van der Waals surface area contributed by atoms with E-state index in [1.165, 1.54) is 11.5 Å². The Balaban J connectivity index is 2.23. The third kappa shape index (κ3) is 6.94. The molecule has 1 atom stereocenters. The highest BCUT2D eigenvalue weighted by Crippen LogP contribution is 2.33. The Morgan fingerprint density at radius 2 is 1.71 bits per heavy atom. The predicted octanol–water partition coefficient (Wildman–Crippen LogP) is 4.69. The van der Waals surface area contributed by atoms with E-state index in [0.717, 1.165) is 6.07 Å². The summed E-state index contributed by atoms with van der Waals surface area (Å²) in [7, 11) is 1.57. The normalized spacial score (nSPS) is 13.3. The number of halogens is 4. The second kappa shape index (κ2) is 10.9. The van der Waals surface area contributed by atoms with Crippen molar-refractivity contribution in [1.29, 1.82) is 0 Å². The smallest absolute Gasteiger partial charge is 0.419 e. The molecule has 2 rings (SSSR count). The van der Waals surface area contributed by atoms with Gasteiger partial charge in [0.1, 0.15) is 23.7 Å². The first-order valence-corrected chi connectivity index (χ1v) is 11.6. The van der Waals surface area contributed by atoms with Crippen molar-refractivity contribution in [2.24, 2.45) is 12.5 Å². The Morgan fingerprint density at radius 3 is 2.24 bits per heavy atom. The van der Waals surface area contributed by atoms with Gasteiger partial charge in [0.2, 0.25) is 5.91 Å². The van der Waals surface area contributed by atoms with Gasteiger partial charge in [-0.25, -0.2) is 4.39 Å². The molecule has 7 nitrogen and oxygen atoms in total. The van der Waals surface area contributed by atoms with Crippen molar-refractivity contribution in [3.05, 3.63) is 52.1 Å². The SMILES string of the molecule is C#C[C@@](C)(COC(=O)C(C)(C)C)NC(=O)Cc1c(C)c(C(=O)Nc2ccc(F)c(C(F)(F)F)c2)n(C)c1C. The fourth-order valence-corrected chi connectivity index (χ4v) is 3.68. The lowest BCUT2D eigenvalue weighted by molar-refractivity contribution is -0.154. The van der Waals surface area contributed by atoms with Crippen LogP contribution in [0, 0.1) is 37.4 Å². The maximum Gasteiger partial charge on any atom is 0.419 e. The molecule has 0 aliphatic rings. The molecule has 1 aromatic carbocycles. The Hall–Kier alpha value is -3.81. The maximum absolute atomic E-state index is 13.6. The highest BCUT2D eigenvalue weighted by atomic mass is 19.4. The molecule has 38 heavy (non-hydrogen) atoms. The quantitative estimate of drug-likeness (QED) is 0.305. The second-order valence-corrected chi connectivity index (χ2v) is 10.3. The molecular weight excluding hydrogens is 506 g/mol. The molecule has 0 fully saturated rings. The average Bonchev–Trinajstić information content (AvgIpc) is 3.00. The van der Waals surface area contributed by atoms with Gasteiger partial charge in [0, 0.05) is 18.4 Å².